The number of hydrogen-bond donors (Lipinski definition) is 1. The highest BCUT2D eigenvalue weighted by atomic mass is 15.0. The molecule has 2 rings (SSSR count). The van der Waals surface area contributed by atoms with Crippen molar-refractivity contribution in [3.05, 3.63) is 30.0 Å². The minimum absolute atomic E-state index is 0.802. The quantitative estimate of drug-likeness (QED) is 0.716. The molecule has 1 heterocycles. The van der Waals surface area contributed by atoms with Crippen LogP contribution in [0.15, 0.2) is 24.4 Å². The zero-order valence-electron chi connectivity index (χ0n) is 7.70. The van der Waals surface area contributed by atoms with Gasteiger partial charge in [-0.25, -0.2) is 4.98 Å². The van der Waals surface area contributed by atoms with E-state index in [4.69, 9.17) is 0 Å². The Morgan fingerprint density at radius 2 is 2.08 bits per heavy atom. The summed E-state index contributed by atoms with van der Waals surface area (Å²) in [5, 5.41) is 2.96. The summed E-state index contributed by atoms with van der Waals surface area (Å²) in [7, 11) is 1.84. The highest BCUT2D eigenvalue weighted by Gasteiger charge is 1.97. The van der Waals surface area contributed by atoms with Crippen molar-refractivity contribution in [2.24, 2.45) is 0 Å². The minimum Gasteiger partial charge on any atom is -0.372 e. The monoisotopic (exact) mass is 173 g/mol. The largest absolute Gasteiger partial charge is 0.372 e. The fraction of sp³-hybridized carbons (Fsp3) is 0.200. The normalized spacial score (nSPS) is 10.3. The highest BCUT2D eigenvalue weighted by molar-refractivity contribution is 5.76. The number of hydrogen-bond acceptors (Lipinski definition) is 3. The number of rotatable bonds is 1. The van der Waals surface area contributed by atoms with Gasteiger partial charge in [-0.2, -0.15) is 0 Å². The maximum absolute atomic E-state index is 4.36. The van der Waals surface area contributed by atoms with E-state index < -0.39 is 0 Å². The van der Waals surface area contributed by atoms with Crippen LogP contribution in [0, 0.1) is 6.92 Å². The van der Waals surface area contributed by atoms with Crippen molar-refractivity contribution in [3.8, 4) is 0 Å². The first-order valence-corrected chi connectivity index (χ1v) is 4.21. The van der Waals surface area contributed by atoms with Crippen molar-refractivity contribution in [2.75, 3.05) is 12.4 Å². The molecule has 3 heteroatoms. The van der Waals surface area contributed by atoms with Gasteiger partial charge >= 0.3 is 0 Å². The second-order valence-electron chi connectivity index (χ2n) is 3.00. The number of nitrogens with one attached hydrogen (secondary N) is 1. The van der Waals surface area contributed by atoms with Gasteiger partial charge < -0.3 is 5.32 Å². The van der Waals surface area contributed by atoms with E-state index in [-0.39, 0.29) is 0 Å². The number of fused-ring (bicyclic) bond motifs is 1. The molecule has 0 bridgehead atoms. The van der Waals surface area contributed by atoms with Gasteiger partial charge in [-0.15, -0.1) is 0 Å². The Balaban J connectivity index is 2.66. The number of aromatic nitrogens is 2. The molecule has 0 aliphatic heterocycles. The first kappa shape index (κ1) is 7.98. The van der Waals surface area contributed by atoms with E-state index >= 15 is 0 Å². The third kappa shape index (κ3) is 1.45. The van der Waals surface area contributed by atoms with Crippen molar-refractivity contribution < 1.29 is 0 Å². The van der Waals surface area contributed by atoms with E-state index in [1.54, 1.807) is 6.20 Å². The summed E-state index contributed by atoms with van der Waals surface area (Å²) in [4.78, 5) is 8.65. The molecule has 0 atom stereocenters. The molecule has 1 N–H and O–H groups in total. The molecule has 66 valence electrons. The van der Waals surface area contributed by atoms with Gasteiger partial charge in [0, 0.05) is 7.05 Å². The van der Waals surface area contributed by atoms with Gasteiger partial charge in [0.05, 0.1) is 17.2 Å². The zero-order chi connectivity index (χ0) is 9.26. The third-order valence-corrected chi connectivity index (χ3v) is 1.95. The second kappa shape index (κ2) is 3.01. The molecule has 0 aliphatic carbocycles. The van der Waals surface area contributed by atoms with Gasteiger partial charge in [-0.1, -0.05) is 6.07 Å². The molecule has 0 saturated heterocycles. The van der Waals surface area contributed by atoms with E-state index in [1.807, 2.05) is 32.2 Å². The summed E-state index contributed by atoms with van der Waals surface area (Å²) in [6.45, 7) is 2.05. The van der Waals surface area contributed by atoms with Crippen molar-refractivity contribution in [1.82, 2.24) is 9.97 Å². The van der Waals surface area contributed by atoms with E-state index in [0.29, 0.717) is 0 Å². The van der Waals surface area contributed by atoms with Crippen molar-refractivity contribution >= 4 is 16.9 Å². The molecule has 0 unspecified atom stereocenters. The van der Waals surface area contributed by atoms with Crippen LogP contribution in [-0.2, 0) is 0 Å². The molecule has 0 aliphatic rings. The lowest BCUT2D eigenvalue weighted by Crippen LogP contribution is -1.93. The third-order valence-electron chi connectivity index (χ3n) is 1.95. The average molecular weight is 173 g/mol. The Morgan fingerprint density at radius 1 is 1.23 bits per heavy atom. The number of nitrogens with zero attached hydrogens (tertiary/aromatic N) is 2. The molecule has 1 aromatic carbocycles. The molecule has 13 heavy (non-hydrogen) atoms. The van der Waals surface area contributed by atoms with Crippen LogP contribution in [-0.4, -0.2) is 17.0 Å². The van der Waals surface area contributed by atoms with Crippen LogP contribution in [0.5, 0.6) is 0 Å². The smallest absolute Gasteiger partial charge is 0.144 e. The Kier molecular flexibility index (Phi) is 1.85. The van der Waals surface area contributed by atoms with Gasteiger partial charge in [-0.05, 0) is 24.6 Å². The summed E-state index contributed by atoms with van der Waals surface area (Å²) in [5.74, 6) is 0.802. The SMILES string of the molecule is CNc1cnc2cc(C)ccc2n1. The number of benzene rings is 1. The molecular weight excluding hydrogens is 162 g/mol. The minimum atomic E-state index is 0.802. The van der Waals surface area contributed by atoms with Crippen molar-refractivity contribution in [3.63, 3.8) is 0 Å². The van der Waals surface area contributed by atoms with Crippen molar-refractivity contribution in [2.45, 2.75) is 6.92 Å². The first-order valence-electron chi connectivity index (χ1n) is 4.21. The molecule has 0 fully saturated rings. The molecule has 0 radical (unpaired) electrons. The molecule has 3 nitrogen and oxygen atoms in total. The summed E-state index contributed by atoms with van der Waals surface area (Å²) in [5.41, 5.74) is 3.08. The first-order chi connectivity index (χ1) is 6.29. The Bertz CT molecular complexity index is 437. The molecule has 1 aromatic heterocycles. The lowest BCUT2D eigenvalue weighted by molar-refractivity contribution is 1.26. The van der Waals surface area contributed by atoms with Gasteiger partial charge in [0.25, 0.3) is 0 Å². The summed E-state index contributed by atoms with van der Waals surface area (Å²) in [6, 6.07) is 6.05. The van der Waals surface area contributed by atoms with E-state index in [2.05, 4.69) is 15.3 Å². The van der Waals surface area contributed by atoms with Gasteiger partial charge in [0.15, 0.2) is 0 Å². The van der Waals surface area contributed by atoms with Crippen LogP contribution < -0.4 is 5.32 Å². The Morgan fingerprint density at radius 3 is 2.85 bits per heavy atom. The maximum Gasteiger partial charge on any atom is 0.144 e. The highest BCUT2D eigenvalue weighted by Crippen LogP contribution is 2.12. The van der Waals surface area contributed by atoms with Crippen molar-refractivity contribution in [1.29, 1.82) is 0 Å². The lowest BCUT2D eigenvalue weighted by Gasteiger charge is -2.01. The number of aryl methyl sites for hydroxylation is 1. The second-order valence-corrected chi connectivity index (χ2v) is 3.00. The lowest BCUT2D eigenvalue weighted by atomic mass is 10.2. The Hall–Kier alpha value is -1.64. The van der Waals surface area contributed by atoms with Crippen LogP contribution in [0.1, 0.15) is 5.56 Å². The molecule has 0 spiro atoms. The summed E-state index contributed by atoms with van der Waals surface area (Å²) >= 11 is 0. The predicted octanol–water partition coefficient (Wildman–Crippen LogP) is 1.98. The van der Waals surface area contributed by atoms with E-state index in [1.165, 1.54) is 5.56 Å². The van der Waals surface area contributed by atoms with Crippen LogP contribution in [0.3, 0.4) is 0 Å². The molecule has 0 saturated carbocycles. The average Bonchev–Trinajstić information content (AvgIpc) is 2.17. The molecule has 2 aromatic rings. The maximum atomic E-state index is 4.36. The molecular formula is C10H11N3. The van der Waals surface area contributed by atoms with E-state index in [9.17, 15) is 0 Å². The summed E-state index contributed by atoms with van der Waals surface area (Å²) < 4.78 is 0. The van der Waals surface area contributed by atoms with Crippen LogP contribution >= 0.6 is 0 Å². The molecule has 0 amide bonds. The van der Waals surface area contributed by atoms with Gasteiger partial charge in [0.1, 0.15) is 5.82 Å². The fourth-order valence-electron chi connectivity index (χ4n) is 1.24. The van der Waals surface area contributed by atoms with E-state index in [0.717, 1.165) is 16.9 Å². The van der Waals surface area contributed by atoms with Gasteiger partial charge in [0.2, 0.25) is 0 Å². The van der Waals surface area contributed by atoms with Crippen LogP contribution in [0.4, 0.5) is 5.82 Å². The fourth-order valence-corrected chi connectivity index (χ4v) is 1.24. The van der Waals surface area contributed by atoms with Crippen LogP contribution in [0.25, 0.3) is 11.0 Å². The number of anilines is 1. The Labute approximate surface area is 76.8 Å². The summed E-state index contributed by atoms with van der Waals surface area (Å²) in [6.07, 6.45) is 1.74. The standard InChI is InChI=1S/C10H11N3/c1-7-3-4-8-9(5-7)12-6-10(11-2)13-8/h3-6H,1-2H3,(H,11,13). The van der Waals surface area contributed by atoms with Crippen LogP contribution in [0.2, 0.25) is 0 Å². The topological polar surface area (TPSA) is 37.8 Å². The predicted molar refractivity (Wildman–Crippen MR) is 53.8 cm³/mol. The van der Waals surface area contributed by atoms with Gasteiger partial charge in [-0.3, -0.25) is 4.98 Å². The zero-order valence-corrected chi connectivity index (χ0v) is 7.70.